The highest BCUT2D eigenvalue weighted by atomic mass is 16.5. The third kappa shape index (κ3) is 7.73. The molecule has 0 aliphatic carbocycles. The normalized spacial score (nSPS) is 10.0. The van der Waals surface area contributed by atoms with E-state index in [0.717, 1.165) is 0 Å². The Hall–Kier alpha value is -4.01. The number of carbonyl (C=O) groups excluding carboxylic acids is 5. The van der Waals surface area contributed by atoms with Gasteiger partial charge in [0.05, 0.1) is 19.1 Å². The summed E-state index contributed by atoms with van der Waals surface area (Å²) in [5.74, 6) is -2.23. The van der Waals surface area contributed by atoms with Crippen LogP contribution in [0.1, 0.15) is 40.5 Å². The Labute approximate surface area is 178 Å². The molecule has 162 valence electrons. The van der Waals surface area contributed by atoms with Crippen LogP contribution >= 0.6 is 0 Å². The van der Waals surface area contributed by atoms with Gasteiger partial charge in [-0.05, 0) is 55.5 Å². The van der Waals surface area contributed by atoms with E-state index in [1.807, 2.05) is 0 Å². The highest BCUT2D eigenvalue weighted by Gasteiger charge is 2.12. The Morgan fingerprint density at radius 3 is 1.77 bits per heavy atom. The maximum absolute atomic E-state index is 11.9. The summed E-state index contributed by atoms with van der Waals surface area (Å²) in [5.41, 5.74) is 1.78. The molecular weight excluding hydrogens is 404 g/mol. The molecule has 2 rings (SSSR count). The second-order valence-electron chi connectivity index (χ2n) is 6.46. The number of methoxy groups -OCH3 is 1. The zero-order valence-electron chi connectivity index (χ0n) is 17.1. The van der Waals surface area contributed by atoms with Crippen LogP contribution in [0.15, 0.2) is 48.5 Å². The first-order valence-electron chi connectivity index (χ1n) is 9.33. The van der Waals surface area contributed by atoms with Gasteiger partial charge in [0.2, 0.25) is 5.91 Å². The number of anilines is 2. The molecule has 31 heavy (non-hydrogen) atoms. The zero-order valence-corrected chi connectivity index (χ0v) is 17.1. The van der Waals surface area contributed by atoms with Crippen molar-refractivity contribution >= 4 is 40.9 Å². The van der Waals surface area contributed by atoms with Crippen molar-refractivity contribution in [1.29, 1.82) is 0 Å². The first-order valence-corrected chi connectivity index (χ1v) is 9.33. The number of rotatable bonds is 9. The van der Waals surface area contributed by atoms with Crippen LogP contribution in [0.3, 0.4) is 0 Å². The number of carbonyl (C=O) groups is 5. The van der Waals surface area contributed by atoms with Crippen LogP contribution in [0, 0.1) is 0 Å². The van der Waals surface area contributed by atoms with Crippen molar-refractivity contribution in [1.82, 2.24) is 0 Å². The number of hydrogen-bond donors (Lipinski definition) is 2. The van der Waals surface area contributed by atoms with Crippen LogP contribution in [0.2, 0.25) is 0 Å². The summed E-state index contributed by atoms with van der Waals surface area (Å²) in [4.78, 5) is 58.1. The molecule has 2 N–H and O–H groups in total. The van der Waals surface area contributed by atoms with Crippen LogP contribution in [-0.4, -0.2) is 43.3 Å². The van der Waals surface area contributed by atoms with Gasteiger partial charge in [-0.2, -0.15) is 0 Å². The Morgan fingerprint density at radius 1 is 0.742 bits per heavy atom. The molecule has 0 atom stereocenters. The molecule has 0 saturated heterocycles. The second kappa shape index (κ2) is 11.2. The Morgan fingerprint density at radius 2 is 1.26 bits per heavy atom. The number of ketones is 1. The number of hydrogen-bond acceptors (Lipinski definition) is 7. The monoisotopic (exact) mass is 426 g/mol. The summed E-state index contributed by atoms with van der Waals surface area (Å²) in [6, 6.07) is 12.4. The van der Waals surface area contributed by atoms with Crippen LogP contribution < -0.4 is 10.6 Å². The SMILES string of the molecule is COC(=O)c1ccc(NC(=O)CCC(=O)OCC(=O)Nc2ccc(C(C)=O)cc2)cc1. The molecule has 2 aromatic carbocycles. The van der Waals surface area contributed by atoms with Gasteiger partial charge in [-0.3, -0.25) is 19.2 Å². The van der Waals surface area contributed by atoms with Crippen molar-refractivity contribution in [3.05, 3.63) is 59.7 Å². The minimum absolute atomic E-state index is 0.0888. The predicted octanol–water partition coefficient (Wildman–Crippen LogP) is 2.58. The van der Waals surface area contributed by atoms with E-state index in [9.17, 15) is 24.0 Å². The van der Waals surface area contributed by atoms with E-state index in [1.54, 1.807) is 24.3 Å². The fourth-order valence-corrected chi connectivity index (χ4v) is 2.45. The van der Waals surface area contributed by atoms with E-state index in [2.05, 4.69) is 15.4 Å². The van der Waals surface area contributed by atoms with E-state index in [1.165, 1.54) is 38.3 Å². The molecule has 0 aliphatic heterocycles. The van der Waals surface area contributed by atoms with Gasteiger partial charge in [-0.15, -0.1) is 0 Å². The summed E-state index contributed by atoms with van der Waals surface area (Å²) in [6.45, 7) is 0.942. The molecule has 0 aliphatic rings. The Kier molecular flexibility index (Phi) is 8.44. The van der Waals surface area contributed by atoms with Gasteiger partial charge < -0.3 is 20.1 Å². The number of Topliss-reactive ketones (excluding diaryl/α,β-unsaturated/α-hetero) is 1. The van der Waals surface area contributed by atoms with Crippen LogP contribution in [0.4, 0.5) is 11.4 Å². The van der Waals surface area contributed by atoms with E-state index in [4.69, 9.17) is 4.74 Å². The molecule has 0 heterocycles. The Bertz CT molecular complexity index is 966. The lowest BCUT2D eigenvalue weighted by molar-refractivity contribution is -0.147. The fourth-order valence-electron chi connectivity index (χ4n) is 2.45. The number of nitrogens with one attached hydrogen (secondary N) is 2. The lowest BCUT2D eigenvalue weighted by Gasteiger charge is -2.08. The summed E-state index contributed by atoms with van der Waals surface area (Å²) < 4.78 is 9.45. The van der Waals surface area contributed by atoms with E-state index >= 15 is 0 Å². The molecule has 0 radical (unpaired) electrons. The molecule has 9 nitrogen and oxygen atoms in total. The number of amides is 2. The van der Waals surface area contributed by atoms with E-state index in [-0.39, 0.29) is 18.6 Å². The lowest BCUT2D eigenvalue weighted by Crippen LogP contribution is -2.21. The number of ether oxygens (including phenoxy) is 2. The van der Waals surface area contributed by atoms with Crippen molar-refractivity contribution < 1.29 is 33.4 Å². The maximum Gasteiger partial charge on any atom is 0.337 e. The van der Waals surface area contributed by atoms with Gasteiger partial charge >= 0.3 is 11.9 Å². The first kappa shape index (κ1) is 23.3. The molecule has 0 unspecified atom stereocenters. The summed E-state index contributed by atoms with van der Waals surface area (Å²) in [6.07, 6.45) is -0.335. The number of benzene rings is 2. The molecular formula is C22H22N2O7. The summed E-state index contributed by atoms with van der Waals surface area (Å²) >= 11 is 0. The van der Waals surface area contributed by atoms with Crippen LogP contribution in [0.5, 0.6) is 0 Å². The zero-order chi connectivity index (χ0) is 22.8. The van der Waals surface area contributed by atoms with Gasteiger partial charge in [-0.1, -0.05) is 0 Å². The minimum Gasteiger partial charge on any atom is -0.465 e. The Balaban J connectivity index is 1.69. The fraction of sp³-hybridized carbons (Fsp3) is 0.227. The van der Waals surface area contributed by atoms with Crippen molar-refractivity contribution in [3.63, 3.8) is 0 Å². The number of esters is 2. The van der Waals surface area contributed by atoms with Gasteiger partial charge in [-0.25, -0.2) is 4.79 Å². The third-order valence-electron chi connectivity index (χ3n) is 4.09. The maximum atomic E-state index is 11.9. The topological polar surface area (TPSA) is 128 Å². The van der Waals surface area contributed by atoms with E-state index in [0.29, 0.717) is 22.5 Å². The highest BCUT2D eigenvalue weighted by Crippen LogP contribution is 2.12. The molecule has 0 aromatic heterocycles. The highest BCUT2D eigenvalue weighted by molar-refractivity contribution is 5.97. The average molecular weight is 426 g/mol. The summed E-state index contributed by atoms with van der Waals surface area (Å²) in [7, 11) is 1.27. The first-order chi connectivity index (χ1) is 14.8. The van der Waals surface area contributed by atoms with Gasteiger partial charge in [0.15, 0.2) is 12.4 Å². The molecule has 9 heteroatoms. The van der Waals surface area contributed by atoms with Gasteiger partial charge in [0, 0.05) is 23.4 Å². The largest absolute Gasteiger partial charge is 0.465 e. The van der Waals surface area contributed by atoms with Gasteiger partial charge in [0.1, 0.15) is 0 Å². The second-order valence-corrected chi connectivity index (χ2v) is 6.46. The van der Waals surface area contributed by atoms with Crippen molar-refractivity contribution in [3.8, 4) is 0 Å². The molecule has 0 bridgehead atoms. The third-order valence-corrected chi connectivity index (χ3v) is 4.09. The standard InChI is InChI=1S/C22H22N2O7/c1-14(25)15-3-7-18(8-4-15)24-20(27)13-31-21(28)12-11-19(26)23-17-9-5-16(6-10-17)22(29)30-2/h3-10H,11-13H2,1-2H3,(H,23,26)(H,24,27). The molecule has 2 amide bonds. The van der Waals surface area contributed by atoms with Crippen molar-refractivity contribution in [2.75, 3.05) is 24.4 Å². The smallest absolute Gasteiger partial charge is 0.337 e. The average Bonchev–Trinajstić information content (AvgIpc) is 2.76. The van der Waals surface area contributed by atoms with Gasteiger partial charge in [0.25, 0.3) is 5.91 Å². The lowest BCUT2D eigenvalue weighted by atomic mass is 10.1. The molecule has 0 fully saturated rings. The molecule has 2 aromatic rings. The van der Waals surface area contributed by atoms with Crippen LogP contribution in [0.25, 0.3) is 0 Å². The summed E-state index contributed by atoms with van der Waals surface area (Å²) in [5, 5.41) is 5.13. The predicted molar refractivity (Wildman–Crippen MR) is 112 cm³/mol. The molecule has 0 saturated carbocycles. The molecule has 0 spiro atoms. The van der Waals surface area contributed by atoms with Crippen molar-refractivity contribution in [2.45, 2.75) is 19.8 Å². The van der Waals surface area contributed by atoms with E-state index < -0.39 is 30.4 Å². The van der Waals surface area contributed by atoms with Crippen LogP contribution in [-0.2, 0) is 23.9 Å². The van der Waals surface area contributed by atoms with Crippen molar-refractivity contribution in [2.24, 2.45) is 0 Å². The minimum atomic E-state index is -0.696. The quantitative estimate of drug-likeness (QED) is 0.466.